The molecule has 0 spiro atoms. The Hall–Kier alpha value is -0.720. The molecule has 6 heteroatoms. The van der Waals surface area contributed by atoms with Crippen LogP contribution in [0.4, 0.5) is 5.00 Å². The molecule has 18 heavy (non-hydrogen) atoms. The molecule has 2 unspecified atom stereocenters. The quantitative estimate of drug-likeness (QED) is 0.886. The van der Waals surface area contributed by atoms with E-state index in [0.717, 1.165) is 43.4 Å². The van der Waals surface area contributed by atoms with Gasteiger partial charge in [-0.05, 0) is 20.3 Å². The molecular formula is C12H22N4OS. The van der Waals surface area contributed by atoms with E-state index in [-0.39, 0.29) is 0 Å². The van der Waals surface area contributed by atoms with Crippen molar-refractivity contribution in [1.29, 1.82) is 0 Å². The lowest BCUT2D eigenvalue weighted by Gasteiger charge is -2.37. The normalized spacial score (nSPS) is 25.3. The fraction of sp³-hybridized carbons (Fsp3) is 0.833. The average Bonchev–Trinajstić information content (AvgIpc) is 2.78. The van der Waals surface area contributed by atoms with Gasteiger partial charge in [0.1, 0.15) is 10.7 Å². The van der Waals surface area contributed by atoms with Crippen LogP contribution in [0.1, 0.15) is 32.9 Å². The molecule has 1 fully saturated rings. The molecule has 1 aromatic rings. The van der Waals surface area contributed by atoms with Crippen molar-refractivity contribution in [3.63, 3.8) is 0 Å². The summed E-state index contributed by atoms with van der Waals surface area (Å²) in [6, 6.07) is 0.498. The van der Waals surface area contributed by atoms with Crippen molar-refractivity contribution in [2.24, 2.45) is 0 Å². The molecule has 1 N–H and O–H groups in total. The van der Waals surface area contributed by atoms with E-state index >= 15 is 0 Å². The van der Waals surface area contributed by atoms with Crippen molar-refractivity contribution in [1.82, 2.24) is 14.5 Å². The van der Waals surface area contributed by atoms with Crippen molar-refractivity contribution >= 4 is 16.5 Å². The van der Waals surface area contributed by atoms with E-state index in [1.54, 1.807) is 0 Å². The summed E-state index contributed by atoms with van der Waals surface area (Å²) in [7, 11) is 0. The van der Waals surface area contributed by atoms with Gasteiger partial charge in [-0.1, -0.05) is 11.4 Å². The van der Waals surface area contributed by atoms with Gasteiger partial charge >= 0.3 is 0 Å². The first-order valence-corrected chi connectivity index (χ1v) is 7.42. The fourth-order valence-electron chi connectivity index (χ4n) is 2.28. The highest BCUT2D eigenvalue weighted by atomic mass is 32.1. The lowest BCUT2D eigenvalue weighted by atomic mass is 10.1. The second-order valence-corrected chi connectivity index (χ2v) is 5.47. The first-order chi connectivity index (χ1) is 8.74. The number of aromatic nitrogens is 2. The van der Waals surface area contributed by atoms with Crippen LogP contribution in [0.15, 0.2) is 0 Å². The standard InChI is InChI=1S/C12H22N4OS/c1-4-10-8-17-9(3)6-16(10)7-11-12(13-5-2)18-15-14-11/h9-10,13H,4-8H2,1-3H3. The van der Waals surface area contributed by atoms with E-state index in [2.05, 4.69) is 40.6 Å². The van der Waals surface area contributed by atoms with Crippen molar-refractivity contribution in [3.8, 4) is 0 Å². The van der Waals surface area contributed by atoms with Gasteiger partial charge in [0.2, 0.25) is 0 Å². The predicted octanol–water partition coefficient (Wildman–Crippen LogP) is 1.97. The van der Waals surface area contributed by atoms with E-state index in [1.807, 2.05) is 0 Å². The van der Waals surface area contributed by atoms with Gasteiger partial charge in [0.05, 0.1) is 12.7 Å². The van der Waals surface area contributed by atoms with E-state index in [0.29, 0.717) is 12.1 Å². The van der Waals surface area contributed by atoms with Crippen LogP contribution >= 0.6 is 11.5 Å². The van der Waals surface area contributed by atoms with Crippen molar-refractivity contribution in [2.45, 2.75) is 45.9 Å². The minimum Gasteiger partial charge on any atom is -0.376 e. The largest absolute Gasteiger partial charge is 0.376 e. The van der Waals surface area contributed by atoms with E-state index < -0.39 is 0 Å². The lowest BCUT2D eigenvalue weighted by Crippen LogP contribution is -2.48. The summed E-state index contributed by atoms with van der Waals surface area (Å²) < 4.78 is 9.77. The number of nitrogens with one attached hydrogen (secondary N) is 1. The predicted molar refractivity (Wildman–Crippen MR) is 74.0 cm³/mol. The number of anilines is 1. The molecule has 1 aliphatic heterocycles. The van der Waals surface area contributed by atoms with Crippen LogP contribution in [0.3, 0.4) is 0 Å². The minimum atomic E-state index is 0.307. The summed E-state index contributed by atoms with van der Waals surface area (Å²) in [5.41, 5.74) is 1.06. The maximum atomic E-state index is 5.72. The Morgan fingerprint density at radius 1 is 1.50 bits per heavy atom. The Kier molecular flexibility index (Phi) is 4.91. The van der Waals surface area contributed by atoms with Gasteiger partial charge in [-0.3, -0.25) is 4.90 Å². The summed E-state index contributed by atoms with van der Waals surface area (Å²) >= 11 is 1.44. The molecule has 0 bridgehead atoms. The molecule has 0 aliphatic carbocycles. The van der Waals surface area contributed by atoms with Crippen LogP contribution in [-0.4, -0.2) is 46.3 Å². The summed E-state index contributed by atoms with van der Waals surface area (Å²) in [6.45, 7) is 10.0. The van der Waals surface area contributed by atoms with Crippen LogP contribution in [-0.2, 0) is 11.3 Å². The van der Waals surface area contributed by atoms with Crippen molar-refractivity contribution < 1.29 is 4.74 Å². The Morgan fingerprint density at radius 2 is 2.33 bits per heavy atom. The molecule has 2 rings (SSSR count). The number of hydrogen-bond donors (Lipinski definition) is 1. The third-order valence-corrected chi connectivity index (χ3v) is 4.02. The van der Waals surface area contributed by atoms with Gasteiger partial charge in [0.25, 0.3) is 0 Å². The molecule has 5 nitrogen and oxygen atoms in total. The smallest absolute Gasteiger partial charge is 0.134 e. The minimum absolute atomic E-state index is 0.307. The summed E-state index contributed by atoms with van der Waals surface area (Å²) in [5, 5.41) is 8.67. The Morgan fingerprint density at radius 3 is 3.06 bits per heavy atom. The maximum absolute atomic E-state index is 5.72. The Bertz CT molecular complexity index is 371. The first-order valence-electron chi connectivity index (χ1n) is 6.65. The molecule has 0 saturated carbocycles. The second-order valence-electron chi connectivity index (χ2n) is 4.71. The summed E-state index contributed by atoms with van der Waals surface area (Å²) in [6.07, 6.45) is 1.42. The van der Waals surface area contributed by atoms with E-state index in [9.17, 15) is 0 Å². The van der Waals surface area contributed by atoms with Gasteiger partial charge in [-0.15, -0.1) is 5.10 Å². The summed E-state index contributed by atoms with van der Waals surface area (Å²) in [4.78, 5) is 2.46. The van der Waals surface area contributed by atoms with Gasteiger partial charge in [-0.2, -0.15) is 0 Å². The number of morpholine rings is 1. The monoisotopic (exact) mass is 270 g/mol. The Balaban J connectivity index is 2.03. The van der Waals surface area contributed by atoms with E-state index in [4.69, 9.17) is 4.74 Å². The highest BCUT2D eigenvalue weighted by Gasteiger charge is 2.26. The van der Waals surface area contributed by atoms with Gasteiger partial charge in [0, 0.05) is 37.2 Å². The third kappa shape index (κ3) is 3.18. The highest BCUT2D eigenvalue weighted by Crippen LogP contribution is 2.23. The number of rotatable bonds is 5. The molecule has 2 heterocycles. The lowest BCUT2D eigenvalue weighted by molar-refractivity contribution is -0.0595. The van der Waals surface area contributed by atoms with Crippen LogP contribution < -0.4 is 5.32 Å². The second kappa shape index (κ2) is 6.45. The first kappa shape index (κ1) is 13.7. The van der Waals surface area contributed by atoms with Crippen molar-refractivity contribution in [2.75, 3.05) is 25.0 Å². The molecule has 0 aromatic carbocycles. The zero-order valence-corrected chi connectivity index (χ0v) is 12.2. The summed E-state index contributed by atoms with van der Waals surface area (Å²) in [5.74, 6) is 0. The highest BCUT2D eigenvalue weighted by molar-refractivity contribution is 7.10. The molecule has 1 saturated heterocycles. The Labute approximate surface area is 113 Å². The molecule has 0 amide bonds. The zero-order chi connectivity index (χ0) is 13.0. The zero-order valence-electron chi connectivity index (χ0n) is 11.3. The third-order valence-electron chi connectivity index (χ3n) is 3.30. The SMILES string of the molecule is CCNc1snnc1CN1CC(C)OCC1CC. The van der Waals surface area contributed by atoms with E-state index in [1.165, 1.54) is 11.5 Å². The molecule has 102 valence electrons. The molecule has 1 aromatic heterocycles. The molecular weight excluding hydrogens is 248 g/mol. The van der Waals surface area contributed by atoms with Crippen LogP contribution in [0, 0.1) is 0 Å². The van der Waals surface area contributed by atoms with Gasteiger partial charge in [0.15, 0.2) is 0 Å². The maximum Gasteiger partial charge on any atom is 0.134 e. The van der Waals surface area contributed by atoms with Gasteiger partial charge < -0.3 is 10.1 Å². The molecule has 1 aliphatic rings. The van der Waals surface area contributed by atoms with Crippen molar-refractivity contribution in [3.05, 3.63) is 5.69 Å². The molecule has 2 atom stereocenters. The topological polar surface area (TPSA) is 50.3 Å². The number of nitrogens with zero attached hydrogens (tertiary/aromatic N) is 3. The number of ether oxygens (including phenoxy) is 1. The number of hydrogen-bond acceptors (Lipinski definition) is 6. The fourth-order valence-corrected chi connectivity index (χ4v) is 2.92. The van der Waals surface area contributed by atoms with Gasteiger partial charge in [-0.25, -0.2) is 0 Å². The van der Waals surface area contributed by atoms with Crippen LogP contribution in [0.2, 0.25) is 0 Å². The molecule has 0 radical (unpaired) electrons. The van der Waals surface area contributed by atoms with Crippen LogP contribution in [0.25, 0.3) is 0 Å². The average molecular weight is 270 g/mol. The van der Waals surface area contributed by atoms with Crippen LogP contribution in [0.5, 0.6) is 0 Å².